The largest absolute Gasteiger partial charge is 0.493 e. The molecule has 1 atom stereocenters. The van der Waals surface area contributed by atoms with E-state index in [2.05, 4.69) is 5.32 Å². The Balaban J connectivity index is 1.84. The van der Waals surface area contributed by atoms with Gasteiger partial charge in [0.1, 0.15) is 0 Å². The van der Waals surface area contributed by atoms with Crippen molar-refractivity contribution in [1.29, 1.82) is 0 Å². The monoisotopic (exact) mass is 425 g/mol. The molecule has 5 rings (SSSR count). The number of imidazole rings is 1. The third-order valence-corrected chi connectivity index (χ3v) is 5.76. The van der Waals surface area contributed by atoms with Crippen LogP contribution in [0.1, 0.15) is 22.8 Å². The molecule has 0 fully saturated rings. The van der Waals surface area contributed by atoms with Crippen molar-refractivity contribution in [3.05, 3.63) is 89.5 Å². The highest BCUT2D eigenvalue weighted by Crippen LogP contribution is 2.39. The summed E-state index contributed by atoms with van der Waals surface area (Å²) in [5.74, 6) is 1.90. The predicted molar refractivity (Wildman–Crippen MR) is 125 cm³/mol. The van der Waals surface area contributed by atoms with Crippen LogP contribution in [-0.4, -0.2) is 35.6 Å². The van der Waals surface area contributed by atoms with Gasteiger partial charge in [-0.3, -0.25) is 9.36 Å². The summed E-state index contributed by atoms with van der Waals surface area (Å²) in [5.41, 5.74) is 4.72. The Bertz CT molecular complexity index is 1360. The molecular weight excluding hydrogens is 402 g/mol. The van der Waals surface area contributed by atoms with Crippen molar-refractivity contribution in [2.24, 2.45) is 0 Å². The van der Waals surface area contributed by atoms with Crippen molar-refractivity contribution in [1.82, 2.24) is 9.55 Å². The van der Waals surface area contributed by atoms with Crippen molar-refractivity contribution in [3.63, 3.8) is 0 Å². The van der Waals surface area contributed by atoms with Crippen LogP contribution in [0.3, 0.4) is 0 Å². The number of aromatic nitrogens is 2. The molecule has 0 amide bonds. The van der Waals surface area contributed by atoms with Gasteiger partial charge in [0.05, 0.1) is 37.0 Å². The van der Waals surface area contributed by atoms with E-state index in [9.17, 15) is 4.79 Å². The van der Waals surface area contributed by atoms with Gasteiger partial charge in [0.15, 0.2) is 17.3 Å². The zero-order valence-corrected chi connectivity index (χ0v) is 18.1. The van der Waals surface area contributed by atoms with Crippen molar-refractivity contribution in [3.8, 4) is 11.5 Å². The Kier molecular flexibility index (Phi) is 4.90. The molecule has 1 N–H and O–H groups in total. The quantitative estimate of drug-likeness (QED) is 0.456. The molecule has 0 saturated carbocycles. The molecule has 0 saturated heterocycles. The second-order valence-corrected chi connectivity index (χ2v) is 7.65. The van der Waals surface area contributed by atoms with Gasteiger partial charge in [0.25, 0.3) is 0 Å². The Hall–Kier alpha value is -4.06. The number of ketones is 1. The standard InChI is InChI=1S/C26H23N3O3/c1-16-23(25(30)17-9-5-4-6-10-17)24(18-13-14-21(31-2)22(15-18)32-3)29-20-12-8-7-11-19(20)28-26(29)27-16/h4-16H,1-3H3,(H,27,28)/t16-/m0/s1. The molecule has 3 aromatic carbocycles. The van der Waals surface area contributed by atoms with Crippen LogP contribution < -0.4 is 14.8 Å². The zero-order valence-electron chi connectivity index (χ0n) is 18.1. The van der Waals surface area contributed by atoms with E-state index in [-0.39, 0.29) is 11.8 Å². The minimum Gasteiger partial charge on any atom is -0.493 e. The van der Waals surface area contributed by atoms with Gasteiger partial charge in [-0.2, -0.15) is 0 Å². The third-order valence-electron chi connectivity index (χ3n) is 5.76. The normalized spacial score (nSPS) is 15.3. The fraction of sp³-hybridized carbons (Fsp3) is 0.154. The first-order valence-corrected chi connectivity index (χ1v) is 10.4. The summed E-state index contributed by atoms with van der Waals surface area (Å²) in [6, 6.07) is 22.7. The molecule has 6 nitrogen and oxygen atoms in total. The second-order valence-electron chi connectivity index (χ2n) is 7.65. The summed E-state index contributed by atoms with van der Waals surface area (Å²) in [5, 5.41) is 3.42. The van der Waals surface area contributed by atoms with Gasteiger partial charge in [0, 0.05) is 16.7 Å². The van der Waals surface area contributed by atoms with E-state index >= 15 is 0 Å². The molecular formula is C26H23N3O3. The van der Waals surface area contributed by atoms with Crippen LogP contribution in [0.5, 0.6) is 11.5 Å². The van der Waals surface area contributed by atoms with E-state index in [0.29, 0.717) is 28.6 Å². The lowest BCUT2D eigenvalue weighted by atomic mass is 9.91. The van der Waals surface area contributed by atoms with Gasteiger partial charge in [0.2, 0.25) is 5.95 Å². The number of hydrogen-bond donors (Lipinski definition) is 1. The van der Waals surface area contributed by atoms with Gasteiger partial charge in [-0.05, 0) is 37.3 Å². The van der Waals surface area contributed by atoms with Gasteiger partial charge in [-0.25, -0.2) is 4.98 Å². The number of Topliss-reactive ketones (excluding diaryl/α,β-unsaturated/α-hetero) is 1. The SMILES string of the molecule is COc1ccc(C2=C(C(=O)c3ccccc3)[C@H](C)Nc3nc4ccccc4n32)cc1OC. The lowest BCUT2D eigenvalue weighted by Gasteiger charge is -2.29. The average molecular weight is 425 g/mol. The highest BCUT2D eigenvalue weighted by atomic mass is 16.5. The van der Waals surface area contributed by atoms with Gasteiger partial charge in [-0.1, -0.05) is 42.5 Å². The fourth-order valence-corrected chi connectivity index (χ4v) is 4.26. The first-order chi connectivity index (χ1) is 15.6. The molecule has 6 heteroatoms. The molecule has 1 aliphatic rings. The number of methoxy groups -OCH3 is 2. The van der Waals surface area contributed by atoms with Crippen molar-refractivity contribution in [2.45, 2.75) is 13.0 Å². The minimum absolute atomic E-state index is 0.0289. The molecule has 1 aromatic heterocycles. The molecule has 32 heavy (non-hydrogen) atoms. The molecule has 4 aromatic rings. The topological polar surface area (TPSA) is 65.4 Å². The van der Waals surface area contributed by atoms with Crippen LogP contribution >= 0.6 is 0 Å². The summed E-state index contributed by atoms with van der Waals surface area (Å²) in [6.07, 6.45) is 0. The lowest BCUT2D eigenvalue weighted by Crippen LogP contribution is -2.32. The maximum absolute atomic E-state index is 13.8. The third kappa shape index (κ3) is 3.12. The lowest BCUT2D eigenvalue weighted by molar-refractivity contribution is 0.103. The van der Waals surface area contributed by atoms with Crippen LogP contribution in [0.15, 0.2) is 78.4 Å². The zero-order chi connectivity index (χ0) is 22.2. The number of carbonyl (C=O) groups is 1. The molecule has 1 aliphatic heterocycles. The Morgan fingerprint density at radius 1 is 0.938 bits per heavy atom. The van der Waals surface area contributed by atoms with Crippen LogP contribution in [0.25, 0.3) is 16.7 Å². The van der Waals surface area contributed by atoms with Crippen LogP contribution in [-0.2, 0) is 0 Å². The van der Waals surface area contributed by atoms with E-state index in [1.807, 2.05) is 84.3 Å². The first kappa shape index (κ1) is 19.9. The van der Waals surface area contributed by atoms with E-state index < -0.39 is 0 Å². The number of nitrogens with one attached hydrogen (secondary N) is 1. The second kappa shape index (κ2) is 7.89. The summed E-state index contributed by atoms with van der Waals surface area (Å²) in [4.78, 5) is 18.5. The Labute approximate surface area is 186 Å². The molecule has 2 heterocycles. The van der Waals surface area contributed by atoms with E-state index in [1.165, 1.54) is 0 Å². The molecule has 160 valence electrons. The molecule has 0 radical (unpaired) electrons. The summed E-state index contributed by atoms with van der Waals surface area (Å²) in [7, 11) is 3.21. The van der Waals surface area contributed by atoms with Crippen molar-refractivity contribution < 1.29 is 14.3 Å². The number of nitrogens with zero attached hydrogens (tertiary/aromatic N) is 2. The number of ether oxygens (including phenoxy) is 2. The maximum Gasteiger partial charge on any atom is 0.209 e. The van der Waals surface area contributed by atoms with Crippen LogP contribution in [0.2, 0.25) is 0 Å². The smallest absolute Gasteiger partial charge is 0.209 e. The van der Waals surface area contributed by atoms with Gasteiger partial charge >= 0.3 is 0 Å². The number of anilines is 1. The van der Waals surface area contributed by atoms with Crippen LogP contribution in [0, 0.1) is 0 Å². The number of fused-ring (bicyclic) bond motifs is 3. The molecule has 0 unspecified atom stereocenters. The van der Waals surface area contributed by atoms with Crippen LogP contribution in [0.4, 0.5) is 5.95 Å². The average Bonchev–Trinajstić information content (AvgIpc) is 3.20. The van der Waals surface area contributed by atoms with Gasteiger partial charge < -0.3 is 14.8 Å². The van der Waals surface area contributed by atoms with Gasteiger partial charge in [-0.15, -0.1) is 0 Å². The number of rotatable bonds is 5. The van der Waals surface area contributed by atoms with E-state index in [0.717, 1.165) is 22.3 Å². The summed E-state index contributed by atoms with van der Waals surface area (Å²) in [6.45, 7) is 1.99. The Morgan fingerprint density at radius 3 is 2.41 bits per heavy atom. The fourth-order valence-electron chi connectivity index (χ4n) is 4.26. The maximum atomic E-state index is 13.8. The highest BCUT2D eigenvalue weighted by Gasteiger charge is 2.32. The molecule has 0 aliphatic carbocycles. The van der Waals surface area contributed by atoms with E-state index in [1.54, 1.807) is 14.2 Å². The number of benzene rings is 3. The minimum atomic E-state index is -0.241. The van der Waals surface area contributed by atoms with E-state index in [4.69, 9.17) is 14.5 Å². The van der Waals surface area contributed by atoms with Crippen molar-refractivity contribution in [2.75, 3.05) is 19.5 Å². The first-order valence-electron chi connectivity index (χ1n) is 10.4. The molecule has 0 bridgehead atoms. The predicted octanol–water partition coefficient (Wildman–Crippen LogP) is 5.01. The number of carbonyl (C=O) groups excluding carboxylic acids is 1. The number of hydrogen-bond acceptors (Lipinski definition) is 5. The molecule has 0 spiro atoms. The Morgan fingerprint density at radius 2 is 1.66 bits per heavy atom. The summed E-state index contributed by atoms with van der Waals surface area (Å²) < 4.78 is 13.0. The van der Waals surface area contributed by atoms with Crippen molar-refractivity contribution >= 4 is 28.5 Å². The number of para-hydroxylation sites is 2. The summed E-state index contributed by atoms with van der Waals surface area (Å²) >= 11 is 0. The highest BCUT2D eigenvalue weighted by molar-refractivity contribution is 6.15.